The molecule has 6 heteroatoms. The minimum Gasteiger partial charge on any atom is -0.357 e. The molecule has 1 aliphatic rings. The summed E-state index contributed by atoms with van der Waals surface area (Å²) in [5, 5.41) is 12.4. The summed E-state index contributed by atoms with van der Waals surface area (Å²) in [4.78, 5) is 18.3. The van der Waals surface area contributed by atoms with Crippen LogP contribution in [0.3, 0.4) is 0 Å². The van der Waals surface area contributed by atoms with E-state index in [0.717, 1.165) is 50.7 Å². The number of carbonyl (C=O) groups excluding carboxylic acids is 1. The molecule has 4 aromatic rings. The first-order chi connectivity index (χ1) is 12.6. The van der Waals surface area contributed by atoms with Crippen molar-refractivity contribution in [3.05, 3.63) is 65.0 Å². The molecule has 5 rings (SSSR count). The summed E-state index contributed by atoms with van der Waals surface area (Å²) < 4.78 is 0. The molecule has 0 fully saturated rings. The fourth-order valence-corrected chi connectivity index (χ4v) is 3.95. The number of benzene rings is 2. The maximum absolute atomic E-state index is 12.6. The molecule has 0 unspecified atom stereocenters. The van der Waals surface area contributed by atoms with Crippen molar-refractivity contribution < 1.29 is 4.79 Å². The van der Waals surface area contributed by atoms with E-state index in [2.05, 4.69) is 37.5 Å². The van der Waals surface area contributed by atoms with Gasteiger partial charge < -0.3 is 15.2 Å². The van der Waals surface area contributed by atoms with E-state index < -0.39 is 0 Å². The van der Waals surface area contributed by atoms with Gasteiger partial charge in [0.2, 0.25) is 0 Å². The maximum Gasteiger partial charge on any atom is 0.252 e. The molecule has 1 amide bonds. The Kier molecular flexibility index (Phi) is 3.17. The molecule has 6 nitrogen and oxygen atoms in total. The lowest BCUT2D eigenvalue weighted by atomic mass is 9.95. The van der Waals surface area contributed by atoms with Gasteiger partial charge in [0, 0.05) is 39.7 Å². The van der Waals surface area contributed by atoms with Gasteiger partial charge in [-0.05, 0) is 37.9 Å². The molecule has 26 heavy (non-hydrogen) atoms. The molecule has 130 valence electrons. The Morgan fingerprint density at radius 2 is 2.00 bits per heavy atom. The van der Waals surface area contributed by atoms with Crippen molar-refractivity contribution in [3.8, 4) is 0 Å². The normalized spacial score (nSPS) is 16.6. The van der Waals surface area contributed by atoms with Crippen molar-refractivity contribution >= 4 is 27.7 Å². The van der Waals surface area contributed by atoms with Crippen molar-refractivity contribution in [2.24, 2.45) is 0 Å². The topological polar surface area (TPSA) is 76.8 Å². The zero-order chi connectivity index (χ0) is 17.8. The predicted molar refractivity (Wildman–Crippen MR) is 101 cm³/mol. The monoisotopic (exact) mass is 345 g/mol. The largest absolute Gasteiger partial charge is 0.357 e. The smallest absolute Gasteiger partial charge is 0.252 e. The van der Waals surface area contributed by atoms with Crippen LogP contribution in [0, 0.1) is 0 Å². The van der Waals surface area contributed by atoms with E-state index in [1.165, 1.54) is 0 Å². The first kappa shape index (κ1) is 15.2. The van der Waals surface area contributed by atoms with Gasteiger partial charge in [0.15, 0.2) is 0 Å². The third kappa shape index (κ3) is 2.16. The van der Waals surface area contributed by atoms with Gasteiger partial charge in [-0.25, -0.2) is 0 Å². The number of aromatic amines is 2. The number of carbonyl (C=O) groups is 1. The second kappa shape index (κ2) is 5.44. The number of nitrogens with zero attached hydrogens (tertiary/aromatic N) is 2. The van der Waals surface area contributed by atoms with Crippen LogP contribution in [0.1, 0.15) is 33.2 Å². The Balaban J connectivity index is 1.75. The van der Waals surface area contributed by atoms with E-state index in [1.807, 2.05) is 38.4 Å². The molecule has 0 bridgehead atoms. The van der Waals surface area contributed by atoms with Crippen LogP contribution in [0.5, 0.6) is 0 Å². The fraction of sp³-hybridized carbons (Fsp3) is 0.200. The van der Waals surface area contributed by atoms with Crippen molar-refractivity contribution in [2.45, 2.75) is 12.6 Å². The average Bonchev–Trinajstić information content (AvgIpc) is 3.28. The van der Waals surface area contributed by atoms with Crippen molar-refractivity contribution in [1.82, 2.24) is 25.4 Å². The van der Waals surface area contributed by atoms with Gasteiger partial charge in [-0.1, -0.05) is 18.2 Å². The molecule has 0 radical (unpaired) electrons. The summed E-state index contributed by atoms with van der Waals surface area (Å²) in [5.74, 6) is -0.0332. The van der Waals surface area contributed by atoms with E-state index in [4.69, 9.17) is 0 Å². The Bertz CT molecular complexity index is 1150. The van der Waals surface area contributed by atoms with E-state index in [0.29, 0.717) is 0 Å². The quantitative estimate of drug-likeness (QED) is 0.534. The highest BCUT2D eigenvalue weighted by atomic mass is 16.2. The molecule has 3 heterocycles. The molecule has 0 saturated heterocycles. The summed E-state index contributed by atoms with van der Waals surface area (Å²) in [6.45, 7) is 0.776. The van der Waals surface area contributed by atoms with Gasteiger partial charge in [0.1, 0.15) is 0 Å². The van der Waals surface area contributed by atoms with Gasteiger partial charge >= 0.3 is 0 Å². The van der Waals surface area contributed by atoms with Gasteiger partial charge in [-0.2, -0.15) is 5.10 Å². The summed E-state index contributed by atoms with van der Waals surface area (Å²) in [6, 6.07) is 12.0. The highest BCUT2D eigenvalue weighted by Crippen LogP contribution is 2.38. The first-order valence-corrected chi connectivity index (χ1v) is 8.64. The van der Waals surface area contributed by atoms with Gasteiger partial charge in [-0.3, -0.25) is 9.89 Å². The zero-order valence-electron chi connectivity index (χ0n) is 14.6. The summed E-state index contributed by atoms with van der Waals surface area (Å²) in [6.07, 6.45) is 1.75. The van der Waals surface area contributed by atoms with Crippen LogP contribution < -0.4 is 5.32 Å². The molecule has 0 saturated carbocycles. The van der Waals surface area contributed by atoms with Crippen LogP contribution in [0.25, 0.3) is 21.8 Å². The Labute approximate surface area is 150 Å². The van der Waals surface area contributed by atoms with E-state index in [1.54, 1.807) is 6.20 Å². The number of aromatic nitrogens is 3. The lowest BCUT2D eigenvalue weighted by Gasteiger charge is -2.16. The first-order valence-electron chi connectivity index (χ1n) is 8.64. The van der Waals surface area contributed by atoms with Gasteiger partial charge in [0.05, 0.1) is 17.8 Å². The molecular weight excluding hydrogens is 326 g/mol. The summed E-state index contributed by atoms with van der Waals surface area (Å²) in [5.41, 5.74) is 6.02. The molecule has 1 atom stereocenters. The van der Waals surface area contributed by atoms with E-state index >= 15 is 0 Å². The number of amides is 1. The summed E-state index contributed by atoms with van der Waals surface area (Å²) >= 11 is 0. The van der Waals surface area contributed by atoms with Crippen molar-refractivity contribution in [3.63, 3.8) is 0 Å². The van der Waals surface area contributed by atoms with Crippen LogP contribution in [0.15, 0.2) is 42.6 Å². The zero-order valence-corrected chi connectivity index (χ0v) is 14.6. The maximum atomic E-state index is 12.6. The molecule has 2 aromatic carbocycles. The van der Waals surface area contributed by atoms with Crippen LogP contribution in [0.4, 0.5) is 0 Å². The van der Waals surface area contributed by atoms with Crippen molar-refractivity contribution in [2.75, 3.05) is 14.1 Å². The highest BCUT2D eigenvalue weighted by Gasteiger charge is 2.33. The molecular formula is C20H19N5O. The van der Waals surface area contributed by atoms with Gasteiger partial charge in [0.25, 0.3) is 5.91 Å². The third-order valence-corrected chi connectivity index (χ3v) is 5.03. The number of fused-ring (bicyclic) bond motifs is 3. The number of nitrogens with one attached hydrogen (secondary N) is 3. The Morgan fingerprint density at radius 3 is 2.85 bits per heavy atom. The van der Waals surface area contributed by atoms with Crippen LogP contribution in [0.2, 0.25) is 0 Å². The number of hydrogen-bond acceptors (Lipinski definition) is 3. The van der Waals surface area contributed by atoms with E-state index in [9.17, 15) is 4.79 Å². The Hall–Kier alpha value is -3.12. The number of para-hydroxylation sites is 1. The number of H-pyrrole nitrogens is 2. The molecule has 0 spiro atoms. The standard InChI is InChI=1S/C20H19N5O/c1-25(2)10-17-18(12-5-3-4-6-15(12)22-17)19-13-8-16-11(9-21-24-16)7-14(13)20(26)23-19/h3-9,19,22H,10H2,1-2H3,(H,21,24)(H,23,26)/t19-/m1/s1. The average molecular weight is 345 g/mol. The molecule has 3 N–H and O–H groups in total. The van der Waals surface area contributed by atoms with Crippen LogP contribution in [-0.2, 0) is 6.54 Å². The lowest BCUT2D eigenvalue weighted by Crippen LogP contribution is -2.22. The lowest BCUT2D eigenvalue weighted by molar-refractivity contribution is 0.0960. The van der Waals surface area contributed by atoms with Crippen LogP contribution >= 0.6 is 0 Å². The summed E-state index contributed by atoms with van der Waals surface area (Å²) in [7, 11) is 4.09. The van der Waals surface area contributed by atoms with Crippen molar-refractivity contribution in [1.29, 1.82) is 0 Å². The predicted octanol–water partition coefficient (Wildman–Crippen LogP) is 2.94. The number of hydrogen-bond donors (Lipinski definition) is 3. The molecule has 0 aliphatic carbocycles. The Morgan fingerprint density at radius 1 is 1.15 bits per heavy atom. The van der Waals surface area contributed by atoms with E-state index in [-0.39, 0.29) is 11.9 Å². The molecule has 1 aliphatic heterocycles. The number of rotatable bonds is 3. The fourth-order valence-electron chi connectivity index (χ4n) is 3.95. The highest BCUT2D eigenvalue weighted by molar-refractivity contribution is 6.04. The third-order valence-electron chi connectivity index (χ3n) is 5.03. The second-order valence-electron chi connectivity index (χ2n) is 7.10. The minimum atomic E-state index is -0.170. The van der Waals surface area contributed by atoms with Crippen LogP contribution in [-0.4, -0.2) is 40.1 Å². The molecule has 2 aromatic heterocycles. The minimum absolute atomic E-state index is 0.0332. The SMILES string of the molecule is CN(C)Cc1[nH]c2ccccc2c1[C@@H]1NC(=O)c2cc3cn[nH]c3cc21. The second-order valence-corrected chi connectivity index (χ2v) is 7.10. The van der Waals surface area contributed by atoms with Gasteiger partial charge in [-0.15, -0.1) is 0 Å².